The lowest BCUT2D eigenvalue weighted by molar-refractivity contribution is -0.112. The van der Waals surface area contributed by atoms with Gasteiger partial charge >= 0.3 is 10.1 Å². The average molecular weight is 389 g/mol. The first kappa shape index (κ1) is 19.4. The van der Waals surface area contributed by atoms with E-state index in [1.54, 1.807) is 25.1 Å². The fraction of sp³-hybridized carbons (Fsp3) is 0.400. The Morgan fingerprint density at radius 3 is 2.56 bits per heavy atom. The van der Waals surface area contributed by atoms with Crippen LogP contribution in [0, 0.1) is 5.92 Å². The number of allylic oxidation sites excluding steroid dienone is 4. The number of ether oxygens (including phenoxy) is 1. The molecule has 0 radical (unpaired) electrons. The molecule has 1 fully saturated rings. The Morgan fingerprint density at radius 2 is 1.85 bits per heavy atom. The molecule has 0 bridgehead atoms. The first-order chi connectivity index (χ1) is 12.9. The lowest BCUT2D eigenvalue weighted by Crippen LogP contribution is -2.20. The minimum atomic E-state index is -4.08. The summed E-state index contributed by atoms with van der Waals surface area (Å²) in [4.78, 5) is 12.3. The van der Waals surface area contributed by atoms with E-state index < -0.39 is 10.1 Å². The number of nitrogens with zero attached hydrogens (tertiary/aromatic N) is 1. The maximum absolute atomic E-state index is 12.4. The summed E-state index contributed by atoms with van der Waals surface area (Å²) in [6.07, 6.45) is 8.52. The second kappa shape index (κ2) is 8.08. The topological polar surface area (TPSA) is 82.0 Å². The Balaban J connectivity index is 1.84. The summed E-state index contributed by atoms with van der Waals surface area (Å²) in [6, 6.07) is 5.98. The number of methoxy groups -OCH3 is 1. The van der Waals surface area contributed by atoms with Crippen LogP contribution in [0.5, 0.6) is 5.75 Å². The van der Waals surface area contributed by atoms with Gasteiger partial charge in [0.1, 0.15) is 16.4 Å². The minimum Gasteiger partial charge on any atom is -0.497 e. The van der Waals surface area contributed by atoms with Crippen molar-refractivity contribution in [3.05, 3.63) is 47.6 Å². The van der Waals surface area contributed by atoms with Crippen molar-refractivity contribution in [2.45, 2.75) is 43.9 Å². The molecule has 0 saturated heterocycles. The zero-order valence-electron chi connectivity index (χ0n) is 15.5. The van der Waals surface area contributed by atoms with Gasteiger partial charge in [-0.25, -0.2) is 0 Å². The number of ketones is 1. The molecule has 0 unspecified atom stereocenters. The number of hydrogen-bond donors (Lipinski definition) is 0. The molecule has 6 nitrogen and oxygen atoms in total. The minimum absolute atomic E-state index is 0.0194. The SMILES string of the molecule is COc1cccc(S(=O)(=O)O/N=C2\C=C(C3CCCCC3)C(=O)C=C2C)c1. The number of rotatable bonds is 5. The normalized spacial score (nSPS) is 20.2. The molecule has 144 valence electrons. The molecule has 0 atom stereocenters. The van der Waals surface area contributed by atoms with Crippen LogP contribution in [-0.4, -0.2) is 27.0 Å². The van der Waals surface area contributed by atoms with E-state index in [1.165, 1.54) is 31.7 Å². The van der Waals surface area contributed by atoms with Crippen LogP contribution in [0.3, 0.4) is 0 Å². The van der Waals surface area contributed by atoms with Crippen LogP contribution in [-0.2, 0) is 19.2 Å². The summed E-state index contributed by atoms with van der Waals surface area (Å²) in [7, 11) is -2.62. The second-order valence-corrected chi connectivity index (χ2v) is 8.34. The Labute approximate surface area is 159 Å². The molecule has 0 aromatic heterocycles. The second-order valence-electron chi connectivity index (χ2n) is 6.81. The van der Waals surface area contributed by atoms with Crippen LogP contribution in [0.25, 0.3) is 0 Å². The van der Waals surface area contributed by atoms with Gasteiger partial charge in [0.2, 0.25) is 0 Å². The van der Waals surface area contributed by atoms with Crippen LogP contribution in [0.15, 0.2) is 57.6 Å². The van der Waals surface area contributed by atoms with Gasteiger partial charge < -0.3 is 4.74 Å². The maximum atomic E-state index is 12.4. The van der Waals surface area contributed by atoms with Crippen molar-refractivity contribution in [2.24, 2.45) is 11.1 Å². The van der Waals surface area contributed by atoms with Gasteiger partial charge in [0.05, 0.1) is 7.11 Å². The highest BCUT2D eigenvalue weighted by atomic mass is 32.2. The van der Waals surface area contributed by atoms with Gasteiger partial charge in [-0.15, -0.1) is 0 Å². The molecule has 2 aliphatic carbocycles. The predicted molar refractivity (Wildman–Crippen MR) is 102 cm³/mol. The quantitative estimate of drug-likeness (QED) is 0.565. The van der Waals surface area contributed by atoms with Crippen molar-refractivity contribution in [3.63, 3.8) is 0 Å². The standard InChI is InChI=1S/C20H23NO5S/c1-14-11-20(22)18(15-7-4-3-5-8-15)13-19(14)21-26-27(23,24)17-10-6-9-16(12-17)25-2/h6,9-13,15H,3-5,7-8H2,1-2H3/b21-19+. The van der Waals surface area contributed by atoms with Crippen molar-refractivity contribution < 1.29 is 22.2 Å². The monoisotopic (exact) mass is 389 g/mol. The third-order valence-electron chi connectivity index (χ3n) is 4.94. The molecule has 0 amide bonds. The van der Waals surface area contributed by atoms with Gasteiger partial charge in [0.25, 0.3) is 0 Å². The predicted octanol–water partition coefficient (Wildman–Crippen LogP) is 3.79. The molecular formula is C20H23NO5S. The molecule has 3 rings (SSSR count). The van der Waals surface area contributed by atoms with Crippen molar-refractivity contribution in [3.8, 4) is 5.75 Å². The number of carbonyl (C=O) groups is 1. The summed E-state index contributed by atoms with van der Waals surface area (Å²) in [5.74, 6) is 0.593. The average Bonchev–Trinajstić information content (AvgIpc) is 2.68. The zero-order chi connectivity index (χ0) is 19.4. The summed E-state index contributed by atoms with van der Waals surface area (Å²) < 4.78 is 34.8. The van der Waals surface area contributed by atoms with Crippen LogP contribution in [0.1, 0.15) is 39.0 Å². The zero-order valence-corrected chi connectivity index (χ0v) is 16.3. The fourth-order valence-corrected chi connectivity index (χ4v) is 4.18. The van der Waals surface area contributed by atoms with E-state index in [-0.39, 0.29) is 16.6 Å². The van der Waals surface area contributed by atoms with Gasteiger partial charge in [-0.1, -0.05) is 30.5 Å². The van der Waals surface area contributed by atoms with Crippen molar-refractivity contribution >= 4 is 21.6 Å². The van der Waals surface area contributed by atoms with E-state index >= 15 is 0 Å². The highest BCUT2D eigenvalue weighted by Crippen LogP contribution is 2.32. The molecule has 0 heterocycles. The number of benzene rings is 1. The van der Waals surface area contributed by atoms with Gasteiger partial charge in [-0.2, -0.15) is 8.42 Å². The summed E-state index contributed by atoms with van der Waals surface area (Å²) >= 11 is 0. The van der Waals surface area contributed by atoms with Gasteiger partial charge in [0, 0.05) is 11.6 Å². The number of carbonyl (C=O) groups excluding carboxylic acids is 1. The van der Waals surface area contributed by atoms with E-state index in [0.717, 1.165) is 25.7 Å². The Morgan fingerprint density at radius 1 is 1.11 bits per heavy atom. The molecule has 1 aromatic rings. The molecule has 0 aliphatic heterocycles. The first-order valence-electron chi connectivity index (χ1n) is 9.01. The van der Waals surface area contributed by atoms with Crippen molar-refractivity contribution in [2.75, 3.05) is 7.11 Å². The largest absolute Gasteiger partial charge is 0.497 e. The van der Waals surface area contributed by atoms with Gasteiger partial charge in [-0.05, 0) is 55.5 Å². The Kier molecular flexibility index (Phi) is 5.79. The highest BCUT2D eigenvalue weighted by molar-refractivity contribution is 7.86. The van der Waals surface area contributed by atoms with E-state index in [0.29, 0.717) is 22.6 Å². The van der Waals surface area contributed by atoms with Crippen LogP contribution < -0.4 is 4.74 Å². The molecule has 1 saturated carbocycles. The number of hydrogen-bond acceptors (Lipinski definition) is 6. The molecule has 0 spiro atoms. The third kappa shape index (κ3) is 4.47. The fourth-order valence-electron chi connectivity index (χ4n) is 3.41. The third-order valence-corrected chi connectivity index (χ3v) is 6.04. The molecule has 1 aromatic carbocycles. The van der Waals surface area contributed by atoms with Gasteiger partial charge in [0.15, 0.2) is 5.78 Å². The lowest BCUT2D eigenvalue weighted by Gasteiger charge is -2.25. The van der Waals surface area contributed by atoms with Gasteiger partial charge in [-0.3, -0.25) is 9.08 Å². The summed E-state index contributed by atoms with van der Waals surface area (Å²) in [5.41, 5.74) is 1.64. The van der Waals surface area contributed by atoms with E-state index in [1.807, 2.05) is 0 Å². The van der Waals surface area contributed by atoms with E-state index in [2.05, 4.69) is 5.16 Å². The van der Waals surface area contributed by atoms with E-state index in [4.69, 9.17) is 9.02 Å². The Hall–Kier alpha value is -2.41. The lowest BCUT2D eigenvalue weighted by atomic mass is 9.79. The van der Waals surface area contributed by atoms with Crippen molar-refractivity contribution in [1.29, 1.82) is 0 Å². The van der Waals surface area contributed by atoms with Crippen LogP contribution in [0.4, 0.5) is 0 Å². The highest BCUT2D eigenvalue weighted by Gasteiger charge is 2.26. The Bertz CT molecular complexity index is 921. The first-order valence-corrected chi connectivity index (χ1v) is 10.4. The summed E-state index contributed by atoms with van der Waals surface area (Å²) in [5, 5.41) is 3.84. The van der Waals surface area contributed by atoms with Crippen LogP contribution in [0.2, 0.25) is 0 Å². The maximum Gasteiger partial charge on any atom is 0.358 e. The summed E-state index contributed by atoms with van der Waals surface area (Å²) in [6.45, 7) is 1.71. The van der Waals surface area contributed by atoms with E-state index in [9.17, 15) is 13.2 Å². The smallest absolute Gasteiger partial charge is 0.358 e. The molecular weight excluding hydrogens is 366 g/mol. The molecule has 2 aliphatic rings. The van der Waals surface area contributed by atoms with Crippen molar-refractivity contribution in [1.82, 2.24) is 0 Å². The molecule has 0 N–H and O–H groups in total. The van der Waals surface area contributed by atoms with Crippen LogP contribution >= 0.6 is 0 Å². The number of oxime groups is 1. The molecule has 7 heteroatoms. The molecule has 27 heavy (non-hydrogen) atoms.